The van der Waals surface area contributed by atoms with Gasteiger partial charge in [-0.25, -0.2) is 9.59 Å². The van der Waals surface area contributed by atoms with Crippen molar-refractivity contribution in [1.82, 2.24) is 0 Å². The number of carbonyl (C=O) groups excluding carboxylic acids is 1. The van der Waals surface area contributed by atoms with Crippen molar-refractivity contribution in [3.63, 3.8) is 0 Å². The number of para-hydroxylation sites is 2. The molecular formula is C18H13NO6. The summed E-state index contributed by atoms with van der Waals surface area (Å²) in [5.74, 6) is -2.50. The number of benzene rings is 2. The summed E-state index contributed by atoms with van der Waals surface area (Å²) in [7, 11) is 0. The first kappa shape index (κ1) is 15.2. The fraction of sp³-hybridized carbons (Fsp3) is 0.167. The number of carboxylic acid groups (broad SMARTS) is 2. The van der Waals surface area contributed by atoms with E-state index in [-0.39, 0.29) is 35.5 Å². The molecule has 7 heteroatoms. The van der Waals surface area contributed by atoms with Gasteiger partial charge in [-0.05, 0) is 29.7 Å². The van der Waals surface area contributed by atoms with Crippen molar-refractivity contribution in [2.24, 2.45) is 0 Å². The average molecular weight is 339 g/mol. The topological polar surface area (TPSA) is 113 Å². The average Bonchev–Trinajstić information content (AvgIpc) is 2.58. The Hall–Kier alpha value is -3.35. The van der Waals surface area contributed by atoms with Gasteiger partial charge in [0.25, 0.3) is 0 Å². The van der Waals surface area contributed by atoms with Crippen LogP contribution in [-0.4, -0.2) is 27.9 Å². The summed E-state index contributed by atoms with van der Waals surface area (Å²) in [5, 5.41) is 22.4. The number of Topliss-reactive ketones (excluding diaryl/α,β-unsaturated/α-hetero) is 1. The normalized spacial score (nSPS) is 14.5. The molecule has 1 aliphatic carbocycles. The maximum absolute atomic E-state index is 11.9. The zero-order valence-corrected chi connectivity index (χ0v) is 13.0. The van der Waals surface area contributed by atoms with Crippen LogP contribution in [0.2, 0.25) is 0 Å². The molecule has 0 radical (unpaired) electrons. The van der Waals surface area contributed by atoms with Crippen LogP contribution in [0.5, 0.6) is 11.5 Å². The predicted molar refractivity (Wildman–Crippen MR) is 87.2 cm³/mol. The summed E-state index contributed by atoms with van der Waals surface area (Å²) in [6.45, 7) is 0. The molecule has 3 N–H and O–H groups in total. The van der Waals surface area contributed by atoms with E-state index in [1.165, 1.54) is 0 Å². The lowest BCUT2D eigenvalue weighted by Crippen LogP contribution is -2.24. The predicted octanol–water partition coefficient (Wildman–Crippen LogP) is 2.99. The number of fused-ring (bicyclic) bond motifs is 4. The smallest absolute Gasteiger partial charge is 0.340 e. The lowest BCUT2D eigenvalue weighted by molar-refractivity contribution is -0.118. The zero-order chi connectivity index (χ0) is 17.7. The fourth-order valence-electron chi connectivity index (χ4n) is 3.43. The molecule has 0 amide bonds. The number of hydrogen-bond acceptors (Lipinski definition) is 5. The minimum absolute atomic E-state index is 0.0169. The molecule has 2 aromatic carbocycles. The van der Waals surface area contributed by atoms with E-state index in [4.69, 9.17) is 4.74 Å². The van der Waals surface area contributed by atoms with Gasteiger partial charge in [0.1, 0.15) is 11.3 Å². The van der Waals surface area contributed by atoms with Crippen molar-refractivity contribution in [2.45, 2.75) is 19.3 Å². The molecule has 126 valence electrons. The van der Waals surface area contributed by atoms with E-state index in [1.54, 1.807) is 24.3 Å². The van der Waals surface area contributed by atoms with Crippen molar-refractivity contribution in [3.8, 4) is 11.5 Å². The van der Waals surface area contributed by atoms with Crippen molar-refractivity contribution >= 4 is 29.1 Å². The first-order chi connectivity index (χ1) is 12.0. The molecule has 4 rings (SSSR count). The summed E-state index contributed by atoms with van der Waals surface area (Å²) in [6.07, 6.45) is 0.539. The molecule has 0 spiro atoms. The van der Waals surface area contributed by atoms with Gasteiger partial charge in [-0.1, -0.05) is 12.1 Å². The van der Waals surface area contributed by atoms with E-state index in [1.807, 2.05) is 0 Å². The lowest BCUT2D eigenvalue weighted by Gasteiger charge is -2.30. The maximum atomic E-state index is 11.9. The molecule has 0 saturated carbocycles. The molecular weight excluding hydrogens is 326 g/mol. The number of hydrogen-bond donors (Lipinski definition) is 3. The Balaban J connectivity index is 2.06. The molecule has 1 heterocycles. The highest BCUT2D eigenvalue weighted by Crippen LogP contribution is 2.49. The van der Waals surface area contributed by atoms with Gasteiger partial charge in [-0.2, -0.15) is 0 Å². The highest BCUT2D eigenvalue weighted by Gasteiger charge is 2.36. The Bertz CT molecular complexity index is 963. The Morgan fingerprint density at radius 1 is 1.00 bits per heavy atom. The van der Waals surface area contributed by atoms with E-state index < -0.39 is 17.5 Å². The van der Waals surface area contributed by atoms with Gasteiger partial charge >= 0.3 is 11.9 Å². The van der Waals surface area contributed by atoms with Gasteiger partial charge in [-0.15, -0.1) is 0 Å². The Labute approximate surface area is 141 Å². The third kappa shape index (κ3) is 2.24. The third-order valence-electron chi connectivity index (χ3n) is 4.49. The summed E-state index contributed by atoms with van der Waals surface area (Å²) in [5.41, 5.74) is 1.19. The van der Waals surface area contributed by atoms with E-state index in [2.05, 4.69) is 5.32 Å². The monoisotopic (exact) mass is 339 g/mol. The van der Waals surface area contributed by atoms with E-state index >= 15 is 0 Å². The fourth-order valence-corrected chi connectivity index (χ4v) is 3.43. The molecule has 7 nitrogen and oxygen atoms in total. The maximum Gasteiger partial charge on any atom is 0.340 e. The number of ketones is 1. The molecule has 0 aromatic heterocycles. The van der Waals surface area contributed by atoms with Crippen LogP contribution in [0.4, 0.5) is 11.4 Å². The van der Waals surface area contributed by atoms with Crippen LogP contribution in [0.1, 0.15) is 38.3 Å². The van der Waals surface area contributed by atoms with Gasteiger partial charge < -0.3 is 20.3 Å². The Morgan fingerprint density at radius 2 is 1.72 bits per heavy atom. The number of anilines is 2. The van der Waals surface area contributed by atoms with Crippen molar-refractivity contribution in [3.05, 3.63) is 46.5 Å². The van der Waals surface area contributed by atoms with Crippen LogP contribution in [0.15, 0.2) is 24.3 Å². The number of carboxylic acids is 2. The SMILES string of the molecule is O=C1CCc2c(c(C(=O)O)c(C(=O)O)c3c2Nc2ccccc2O3)C1. The molecule has 0 unspecified atom stereocenters. The molecule has 0 fully saturated rings. The Morgan fingerprint density at radius 3 is 2.44 bits per heavy atom. The molecule has 2 aromatic rings. The summed E-state index contributed by atoms with van der Waals surface area (Å²) in [6, 6.07) is 6.99. The molecule has 0 saturated heterocycles. The minimum atomic E-state index is -1.41. The first-order valence-electron chi connectivity index (χ1n) is 7.71. The molecule has 1 aliphatic heterocycles. The van der Waals surface area contributed by atoms with Gasteiger partial charge in [0.2, 0.25) is 0 Å². The van der Waals surface area contributed by atoms with Crippen LogP contribution in [0.3, 0.4) is 0 Å². The van der Waals surface area contributed by atoms with Crippen molar-refractivity contribution in [2.75, 3.05) is 5.32 Å². The summed E-state index contributed by atoms with van der Waals surface area (Å²) in [4.78, 5) is 35.5. The van der Waals surface area contributed by atoms with Crippen LogP contribution in [-0.2, 0) is 17.6 Å². The van der Waals surface area contributed by atoms with Gasteiger partial charge in [-0.3, -0.25) is 4.79 Å². The van der Waals surface area contributed by atoms with Gasteiger partial charge in [0, 0.05) is 12.8 Å². The number of aromatic carboxylic acids is 2. The van der Waals surface area contributed by atoms with E-state index in [0.717, 1.165) is 0 Å². The summed E-state index contributed by atoms with van der Waals surface area (Å²) < 4.78 is 5.76. The quantitative estimate of drug-likeness (QED) is 0.658. The largest absolute Gasteiger partial charge is 0.478 e. The number of rotatable bonds is 2. The molecule has 2 aliphatic rings. The first-order valence-corrected chi connectivity index (χ1v) is 7.71. The number of ether oxygens (including phenoxy) is 1. The van der Waals surface area contributed by atoms with E-state index in [9.17, 15) is 24.6 Å². The molecule has 25 heavy (non-hydrogen) atoms. The van der Waals surface area contributed by atoms with Crippen LogP contribution in [0.25, 0.3) is 0 Å². The zero-order valence-electron chi connectivity index (χ0n) is 13.0. The van der Waals surface area contributed by atoms with Gasteiger partial charge in [0.15, 0.2) is 11.5 Å². The minimum Gasteiger partial charge on any atom is -0.478 e. The lowest BCUT2D eigenvalue weighted by atomic mass is 9.83. The summed E-state index contributed by atoms with van der Waals surface area (Å²) >= 11 is 0. The van der Waals surface area contributed by atoms with Crippen molar-refractivity contribution < 1.29 is 29.3 Å². The second-order valence-electron chi connectivity index (χ2n) is 5.96. The number of carbonyl (C=O) groups is 3. The van der Waals surface area contributed by atoms with Crippen molar-refractivity contribution in [1.29, 1.82) is 0 Å². The van der Waals surface area contributed by atoms with Crippen LogP contribution >= 0.6 is 0 Å². The number of nitrogens with one attached hydrogen (secondary N) is 1. The highest BCUT2D eigenvalue weighted by atomic mass is 16.5. The second-order valence-corrected chi connectivity index (χ2v) is 5.96. The highest BCUT2D eigenvalue weighted by molar-refractivity contribution is 6.09. The van der Waals surface area contributed by atoms with E-state index in [0.29, 0.717) is 29.1 Å². The third-order valence-corrected chi connectivity index (χ3v) is 4.49. The Kier molecular flexibility index (Phi) is 3.24. The van der Waals surface area contributed by atoms with Crippen LogP contribution < -0.4 is 10.1 Å². The molecule has 0 bridgehead atoms. The van der Waals surface area contributed by atoms with Crippen LogP contribution in [0, 0.1) is 0 Å². The van der Waals surface area contributed by atoms with Gasteiger partial charge in [0.05, 0.1) is 16.9 Å². The second kappa shape index (κ2) is 5.34. The standard InChI is InChI=1S/C18H13NO6/c20-8-5-6-9-10(7-8)13(17(21)22)14(18(23)24)16-15(9)19-11-3-1-2-4-12(11)25-16/h1-4,19H,5-7H2,(H,21,22)(H,23,24). The molecule has 0 atom stereocenters.